The van der Waals surface area contributed by atoms with Crippen molar-refractivity contribution in [2.24, 2.45) is 0 Å². The molecule has 1 aromatic heterocycles. The maximum atomic E-state index is 12.6. The second-order valence-corrected chi connectivity index (χ2v) is 4.61. The molecule has 3 nitrogen and oxygen atoms in total. The molecule has 0 aliphatic rings. The van der Waals surface area contributed by atoms with Crippen LogP contribution in [0.15, 0.2) is 6.33 Å². The summed E-state index contributed by atoms with van der Waals surface area (Å²) < 4.78 is 37.8. The van der Waals surface area contributed by atoms with Gasteiger partial charge in [0.25, 0.3) is 0 Å². The fraction of sp³-hybridized carbons (Fsp3) is 0.667. The molecule has 0 saturated heterocycles. The lowest BCUT2D eigenvalue weighted by molar-refractivity contribution is -0.119. The van der Waals surface area contributed by atoms with Crippen molar-refractivity contribution in [3.63, 3.8) is 0 Å². The van der Waals surface area contributed by atoms with Gasteiger partial charge in [0, 0.05) is 12.1 Å². The average molecular weight is 296 g/mol. The number of halogens is 4. The van der Waals surface area contributed by atoms with Crippen molar-refractivity contribution < 1.29 is 13.2 Å². The first-order valence-electron chi connectivity index (χ1n) is 6.20. The van der Waals surface area contributed by atoms with E-state index in [1.165, 1.54) is 11.2 Å². The lowest BCUT2D eigenvalue weighted by Gasteiger charge is -2.26. The Morgan fingerprint density at radius 1 is 1.21 bits per heavy atom. The van der Waals surface area contributed by atoms with E-state index in [1.54, 1.807) is 0 Å². The molecule has 0 aromatic carbocycles. The van der Waals surface area contributed by atoms with Crippen molar-refractivity contribution in [2.75, 3.05) is 18.0 Å². The van der Waals surface area contributed by atoms with Crippen LogP contribution in [0.5, 0.6) is 0 Å². The third kappa shape index (κ3) is 4.86. The van der Waals surface area contributed by atoms with Crippen molar-refractivity contribution in [3.8, 4) is 0 Å². The van der Waals surface area contributed by atoms with Crippen LogP contribution in [-0.4, -0.2) is 29.2 Å². The Kier molecular flexibility index (Phi) is 5.85. The van der Waals surface area contributed by atoms with E-state index in [1.807, 2.05) is 13.8 Å². The molecule has 0 aliphatic heterocycles. The zero-order valence-electron chi connectivity index (χ0n) is 11.0. The predicted molar refractivity (Wildman–Crippen MR) is 69.6 cm³/mol. The summed E-state index contributed by atoms with van der Waals surface area (Å²) in [4.78, 5) is 9.06. The number of aromatic nitrogens is 2. The van der Waals surface area contributed by atoms with Crippen LogP contribution in [0.3, 0.4) is 0 Å². The average Bonchev–Trinajstić information content (AvgIpc) is 2.30. The van der Waals surface area contributed by atoms with E-state index in [9.17, 15) is 13.2 Å². The lowest BCUT2D eigenvalue weighted by Crippen LogP contribution is -2.36. The van der Waals surface area contributed by atoms with Crippen LogP contribution in [0.1, 0.15) is 32.3 Å². The molecular weight excluding hydrogens is 279 g/mol. The molecule has 0 fully saturated rings. The van der Waals surface area contributed by atoms with Gasteiger partial charge in [-0.2, -0.15) is 13.2 Å². The zero-order chi connectivity index (χ0) is 14.5. The van der Waals surface area contributed by atoms with Gasteiger partial charge in [0.15, 0.2) is 0 Å². The largest absolute Gasteiger partial charge is 0.405 e. The maximum Gasteiger partial charge on any atom is 0.405 e. The van der Waals surface area contributed by atoms with Crippen molar-refractivity contribution in [1.29, 1.82) is 0 Å². The van der Waals surface area contributed by atoms with Gasteiger partial charge in [0.2, 0.25) is 0 Å². The molecule has 0 unspecified atom stereocenters. The van der Waals surface area contributed by atoms with Gasteiger partial charge in [-0.3, -0.25) is 0 Å². The minimum absolute atomic E-state index is 0.232. The van der Waals surface area contributed by atoms with Gasteiger partial charge >= 0.3 is 6.18 Å². The zero-order valence-corrected chi connectivity index (χ0v) is 11.7. The topological polar surface area (TPSA) is 29.0 Å². The Balaban J connectivity index is 3.10. The number of hydrogen-bond donors (Lipinski definition) is 0. The molecule has 0 radical (unpaired) electrons. The van der Waals surface area contributed by atoms with E-state index >= 15 is 0 Å². The van der Waals surface area contributed by atoms with E-state index in [0.29, 0.717) is 24.2 Å². The van der Waals surface area contributed by atoms with Gasteiger partial charge < -0.3 is 4.90 Å². The van der Waals surface area contributed by atoms with Gasteiger partial charge in [0.1, 0.15) is 23.8 Å². The molecule has 0 N–H and O–H groups in total. The van der Waals surface area contributed by atoms with Crippen LogP contribution in [0.4, 0.5) is 19.0 Å². The summed E-state index contributed by atoms with van der Waals surface area (Å²) in [6.45, 7) is 3.02. The number of nitrogens with zero attached hydrogens (tertiary/aromatic N) is 3. The Morgan fingerprint density at radius 3 is 2.42 bits per heavy atom. The first kappa shape index (κ1) is 16.0. The number of alkyl halides is 3. The Hall–Kier alpha value is -1.04. The van der Waals surface area contributed by atoms with E-state index in [2.05, 4.69) is 9.97 Å². The van der Waals surface area contributed by atoms with Crippen LogP contribution in [0.2, 0.25) is 5.15 Å². The first-order chi connectivity index (χ1) is 8.89. The van der Waals surface area contributed by atoms with Crippen molar-refractivity contribution >= 4 is 17.4 Å². The molecule has 7 heteroatoms. The van der Waals surface area contributed by atoms with E-state index in [0.717, 1.165) is 6.42 Å². The van der Waals surface area contributed by atoms with Crippen LogP contribution < -0.4 is 4.90 Å². The summed E-state index contributed by atoms with van der Waals surface area (Å²) in [6, 6.07) is 0. The van der Waals surface area contributed by atoms with E-state index in [4.69, 9.17) is 11.6 Å². The molecule has 108 valence electrons. The van der Waals surface area contributed by atoms with Gasteiger partial charge in [-0.1, -0.05) is 31.9 Å². The summed E-state index contributed by atoms with van der Waals surface area (Å²) in [6.07, 6.45) is -1.13. The van der Waals surface area contributed by atoms with Gasteiger partial charge in [0.05, 0.1) is 0 Å². The van der Waals surface area contributed by atoms with Crippen LogP contribution >= 0.6 is 11.6 Å². The number of anilines is 1. The molecule has 19 heavy (non-hydrogen) atoms. The summed E-state index contributed by atoms with van der Waals surface area (Å²) >= 11 is 5.96. The molecule has 0 bridgehead atoms. The number of rotatable bonds is 6. The first-order valence-corrected chi connectivity index (χ1v) is 6.57. The summed E-state index contributed by atoms with van der Waals surface area (Å²) in [7, 11) is 0. The molecule has 1 rings (SSSR count). The Labute approximate surface area is 115 Å². The fourth-order valence-electron chi connectivity index (χ4n) is 1.87. The summed E-state index contributed by atoms with van der Waals surface area (Å²) in [5, 5.41) is 0.232. The third-order valence-electron chi connectivity index (χ3n) is 2.53. The predicted octanol–water partition coefficient (Wildman–Crippen LogP) is 3.86. The Morgan fingerprint density at radius 2 is 1.89 bits per heavy atom. The van der Waals surface area contributed by atoms with Crippen LogP contribution in [0, 0.1) is 0 Å². The molecule has 0 amide bonds. The molecule has 1 aromatic rings. The lowest BCUT2D eigenvalue weighted by atomic mass is 10.1. The standard InChI is InChI=1S/C12H17ClF3N3/c1-3-5-9-10(13)17-8-18-11(9)19(6-4-2)7-12(14,15)16/h8H,3-7H2,1-2H3. The minimum Gasteiger partial charge on any atom is -0.347 e. The minimum atomic E-state index is -4.27. The molecule has 0 atom stereocenters. The highest BCUT2D eigenvalue weighted by Gasteiger charge is 2.32. The summed E-state index contributed by atoms with van der Waals surface area (Å²) in [5.74, 6) is 0.293. The summed E-state index contributed by atoms with van der Waals surface area (Å²) in [5.41, 5.74) is 0.587. The number of hydrogen-bond acceptors (Lipinski definition) is 3. The quantitative estimate of drug-likeness (QED) is 0.746. The molecular formula is C12H17ClF3N3. The highest BCUT2D eigenvalue weighted by molar-refractivity contribution is 6.30. The highest BCUT2D eigenvalue weighted by Crippen LogP contribution is 2.27. The van der Waals surface area contributed by atoms with Gasteiger partial charge in [-0.05, 0) is 12.8 Å². The van der Waals surface area contributed by atoms with Crippen LogP contribution in [0.25, 0.3) is 0 Å². The molecule has 0 saturated carbocycles. The fourth-order valence-corrected chi connectivity index (χ4v) is 2.09. The monoisotopic (exact) mass is 295 g/mol. The molecule has 0 spiro atoms. The highest BCUT2D eigenvalue weighted by atomic mass is 35.5. The van der Waals surface area contributed by atoms with E-state index < -0.39 is 12.7 Å². The van der Waals surface area contributed by atoms with E-state index in [-0.39, 0.29) is 11.7 Å². The Bertz CT molecular complexity index is 410. The molecule has 1 heterocycles. The van der Waals surface area contributed by atoms with Crippen LogP contribution in [-0.2, 0) is 6.42 Å². The normalized spacial score (nSPS) is 11.7. The smallest absolute Gasteiger partial charge is 0.347 e. The second kappa shape index (κ2) is 6.93. The van der Waals surface area contributed by atoms with Crippen molar-refractivity contribution in [3.05, 3.63) is 17.0 Å². The maximum absolute atomic E-state index is 12.6. The molecule has 0 aliphatic carbocycles. The van der Waals surface area contributed by atoms with Crippen molar-refractivity contribution in [2.45, 2.75) is 39.3 Å². The SMILES string of the molecule is CCCc1c(Cl)ncnc1N(CCC)CC(F)(F)F. The van der Waals surface area contributed by atoms with Gasteiger partial charge in [-0.15, -0.1) is 0 Å². The van der Waals surface area contributed by atoms with Gasteiger partial charge in [-0.25, -0.2) is 9.97 Å². The second-order valence-electron chi connectivity index (χ2n) is 4.25. The van der Waals surface area contributed by atoms with Crippen molar-refractivity contribution in [1.82, 2.24) is 9.97 Å². The third-order valence-corrected chi connectivity index (χ3v) is 2.86.